The van der Waals surface area contributed by atoms with Gasteiger partial charge in [0.1, 0.15) is 11.2 Å². The van der Waals surface area contributed by atoms with Crippen LogP contribution in [0.15, 0.2) is 42.5 Å². The molecule has 0 unspecified atom stereocenters. The first-order chi connectivity index (χ1) is 13.5. The molecule has 1 saturated carbocycles. The molecule has 3 rings (SSSR count). The maximum absolute atomic E-state index is 13.7. The Bertz CT molecular complexity index is 852. The Kier molecular flexibility index (Phi) is 6.12. The van der Waals surface area contributed by atoms with Gasteiger partial charge in [-0.3, -0.25) is 9.59 Å². The van der Waals surface area contributed by atoms with E-state index in [1.165, 1.54) is 6.07 Å². The number of hydrogen-bond donors (Lipinski definition) is 2. The normalized spacial score (nSPS) is 14.4. The smallest absolute Gasteiger partial charge is 0.240 e. The van der Waals surface area contributed by atoms with Crippen LogP contribution in [0.3, 0.4) is 0 Å². The molecular weight excluding hydrogens is 355 g/mol. The maximum atomic E-state index is 13.7. The Morgan fingerprint density at radius 2 is 1.54 bits per heavy atom. The zero-order chi connectivity index (χ0) is 20.1. The average molecular weight is 382 g/mol. The van der Waals surface area contributed by atoms with Gasteiger partial charge in [-0.1, -0.05) is 50.2 Å². The minimum Gasteiger partial charge on any atom is -0.355 e. The molecule has 1 aliphatic rings. The minimum atomic E-state index is -0.999. The van der Waals surface area contributed by atoms with E-state index in [0.717, 1.165) is 29.7 Å². The fourth-order valence-electron chi connectivity index (χ4n) is 3.50. The Morgan fingerprint density at radius 3 is 2.11 bits per heavy atom. The highest BCUT2D eigenvalue weighted by atomic mass is 19.1. The molecule has 0 heterocycles. The predicted octanol–water partition coefficient (Wildman–Crippen LogP) is 4.03. The molecular formula is C23H27FN2O2. The van der Waals surface area contributed by atoms with Crippen LogP contribution in [0.5, 0.6) is 0 Å². The third-order valence-electron chi connectivity index (χ3n) is 5.49. The van der Waals surface area contributed by atoms with Crippen molar-refractivity contribution in [2.75, 3.05) is 11.9 Å². The van der Waals surface area contributed by atoms with Crippen LogP contribution in [-0.2, 0) is 28.9 Å². The standard InChI is InChI=1S/C23H27FN2O2/c1-3-16-9-7-10-17(4-2)20(16)26-22(28)23(13-14-23)21(27)25-15-12-18-8-5-6-11-19(18)24/h5-11H,3-4,12-15H2,1-2H3,(H,25,27)(H,26,28). The number of carbonyl (C=O) groups is 2. The zero-order valence-electron chi connectivity index (χ0n) is 16.5. The van der Waals surface area contributed by atoms with Crippen molar-refractivity contribution >= 4 is 17.5 Å². The van der Waals surface area contributed by atoms with Crippen LogP contribution >= 0.6 is 0 Å². The molecule has 0 bridgehead atoms. The lowest BCUT2D eigenvalue weighted by Crippen LogP contribution is -2.41. The summed E-state index contributed by atoms with van der Waals surface area (Å²) in [4.78, 5) is 25.6. The van der Waals surface area contributed by atoms with Crippen LogP contribution in [0.4, 0.5) is 10.1 Å². The number of halogens is 1. The van der Waals surface area contributed by atoms with E-state index in [2.05, 4.69) is 10.6 Å². The first kappa shape index (κ1) is 20.1. The van der Waals surface area contributed by atoms with Crippen LogP contribution < -0.4 is 10.6 Å². The minimum absolute atomic E-state index is 0.244. The number of rotatable bonds is 8. The number of carbonyl (C=O) groups excluding carboxylic acids is 2. The van der Waals surface area contributed by atoms with E-state index in [9.17, 15) is 14.0 Å². The van der Waals surface area contributed by atoms with E-state index in [1.807, 2.05) is 32.0 Å². The largest absolute Gasteiger partial charge is 0.355 e. The third-order valence-corrected chi connectivity index (χ3v) is 5.49. The molecule has 0 saturated heterocycles. The predicted molar refractivity (Wildman–Crippen MR) is 109 cm³/mol. The van der Waals surface area contributed by atoms with E-state index in [-0.39, 0.29) is 17.6 Å². The maximum Gasteiger partial charge on any atom is 0.240 e. The number of benzene rings is 2. The molecule has 0 aliphatic heterocycles. The molecule has 0 aromatic heterocycles. The molecule has 2 aromatic carbocycles. The molecule has 0 radical (unpaired) electrons. The number of hydrogen-bond acceptors (Lipinski definition) is 2. The lowest BCUT2D eigenvalue weighted by molar-refractivity contribution is -0.134. The van der Waals surface area contributed by atoms with Gasteiger partial charge in [-0.25, -0.2) is 4.39 Å². The van der Waals surface area contributed by atoms with Gasteiger partial charge in [-0.2, -0.15) is 0 Å². The summed E-state index contributed by atoms with van der Waals surface area (Å²) >= 11 is 0. The fraction of sp³-hybridized carbons (Fsp3) is 0.391. The van der Waals surface area contributed by atoms with Crippen molar-refractivity contribution in [1.82, 2.24) is 5.32 Å². The van der Waals surface area contributed by atoms with Crippen molar-refractivity contribution in [3.8, 4) is 0 Å². The second-order valence-electron chi connectivity index (χ2n) is 7.29. The van der Waals surface area contributed by atoms with Crippen LogP contribution in [0.25, 0.3) is 0 Å². The molecule has 1 aliphatic carbocycles. The van der Waals surface area contributed by atoms with Crippen molar-refractivity contribution in [1.29, 1.82) is 0 Å². The summed E-state index contributed by atoms with van der Waals surface area (Å²) in [6.45, 7) is 4.40. The van der Waals surface area contributed by atoms with E-state index >= 15 is 0 Å². The third kappa shape index (κ3) is 4.08. The quantitative estimate of drug-likeness (QED) is 0.677. The molecule has 28 heavy (non-hydrogen) atoms. The van der Waals surface area contributed by atoms with Crippen molar-refractivity contribution in [2.45, 2.75) is 46.0 Å². The van der Waals surface area contributed by atoms with E-state index < -0.39 is 5.41 Å². The molecule has 2 aromatic rings. The van der Waals surface area contributed by atoms with Crippen LogP contribution in [0, 0.1) is 11.2 Å². The number of aryl methyl sites for hydroxylation is 2. The molecule has 0 spiro atoms. The van der Waals surface area contributed by atoms with Gasteiger partial charge >= 0.3 is 0 Å². The van der Waals surface area contributed by atoms with Crippen LogP contribution in [0.2, 0.25) is 0 Å². The number of nitrogens with one attached hydrogen (secondary N) is 2. The highest BCUT2D eigenvalue weighted by molar-refractivity contribution is 6.13. The lowest BCUT2D eigenvalue weighted by atomic mass is 10.0. The summed E-state index contributed by atoms with van der Waals surface area (Å²) in [7, 11) is 0. The molecule has 0 atom stereocenters. The average Bonchev–Trinajstić information content (AvgIpc) is 3.51. The molecule has 148 valence electrons. The van der Waals surface area contributed by atoms with E-state index in [0.29, 0.717) is 31.4 Å². The van der Waals surface area contributed by atoms with E-state index in [4.69, 9.17) is 0 Å². The monoisotopic (exact) mass is 382 g/mol. The SMILES string of the molecule is CCc1cccc(CC)c1NC(=O)C1(C(=O)NCCc2ccccc2F)CC1. The zero-order valence-corrected chi connectivity index (χ0v) is 16.5. The van der Waals surface area contributed by atoms with Crippen molar-refractivity contribution in [3.05, 3.63) is 65.0 Å². The van der Waals surface area contributed by atoms with Crippen LogP contribution in [-0.4, -0.2) is 18.4 Å². The topological polar surface area (TPSA) is 58.2 Å². The summed E-state index contributed by atoms with van der Waals surface area (Å²) in [6, 6.07) is 12.5. The summed E-state index contributed by atoms with van der Waals surface area (Å²) in [5.74, 6) is -0.793. The lowest BCUT2D eigenvalue weighted by Gasteiger charge is -2.19. The van der Waals surface area contributed by atoms with Crippen LogP contribution in [0.1, 0.15) is 43.4 Å². The molecule has 4 nitrogen and oxygen atoms in total. The first-order valence-corrected chi connectivity index (χ1v) is 9.95. The molecule has 2 amide bonds. The van der Waals surface area contributed by atoms with Crippen molar-refractivity contribution in [3.63, 3.8) is 0 Å². The highest BCUT2D eigenvalue weighted by Crippen LogP contribution is 2.47. The van der Waals surface area contributed by atoms with Gasteiger partial charge in [0.25, 0.3) is 0 Å². The van der Waals surface area contributed by atoms with Gasteiger partial charge < -0.3 is 10.6 Å². The number of amides is 2. The Morgan fingerprint density at radius 1 is 0.929 bits per heavy atom. The van der Waals surface area contributed by atoms with Gasteiger partial charge in [-0.15, -0.1) is 0 Å². The van der Waals surface area contributed by atoms with Crippen molar-refractivity contribution in [2.24, 2.45) is 5.41 Å². The Balaban J connectivity index is 1.64. The van der Waals surface area contributed by atoms with Gasteiger partial charge in [-0.05, 0) is 54.9 Å². The van der Waals surface area contributed by atoms with Gasteiger partial charge in [0, 0.05) is 12.2 Å². The highest BCUT2D eigenvalue weighted by Gasteiger charge is 2.56. The first-order valence-electron chi connectivity index (χ1n) is 9.95. The molecule has 1 fully saturated rings. The van der Waals surface area contributed by atoms with Gasteiger partial charge in [0.15, 0.2) is 0 Å². The Hall–Kier alpha value is -2.69. The summed E-state index contributed by atoms with van der Waals surface area (Å²) in [5, 5.41) is 5.84. The van der Waals surface area contributed by atoms with Gasteiger partial charge in [0.2, 0.25) is 11.8 Å². The molecule has 2 N–H and O–H groups in total. The summed E-state index contributed by atoms with van der Waals surface area (Å²) in [6.07, 6.45) is 3.10. The van der Waals surface area contributed by atoms with E-state index in [1.54, 1.807) is 18.2 Å². The fourth-order valence-corrected chi connectivity index (χ4v) is 3.50. The summed E-state index contributed by atoms with van der Waals surface area (Å²) < 4.78 is 13.7. The van der Waals surface area contributed by atoms with Crippen molar-refractivity contribution < 1.29 is 14.0 Å². The Labute approximate surface area is 165 Å². The second kappa shape index (κ2) is 8.55. The van der Waals surface area contributed by atoms with Gasteiger partial charge in [0.05, 0.1) is 0 Å². The summed E-state index contributed by atoms with van der Waals surface area (Å²) in [5.41, 5.74) is 2.54. The second-order valence-corrected chi connectivity index (χ2v) is 7.29. The number of anilines is 1. The molecule has 5 heteroatoms. The number of para-hydroxylation sites is 1.